The summed E-state index contributed by atoms with van der Waals surface area (Å²) in [5.41, 5.74) is 9.48. The van der Waals surface area contributed by atoms with Crippen LogP contribution >= 0.6 is 0 Å². The zero-order valence-electron chi connectivity index (χ0n) is 21.8. The molecule has 4 aromatic rings. The fraction of sp³-hybridized carbons (Fsp3) is 0.241. The number of nitrogens with two attached hydrogens (primary N) is 1. The van der Waals surface area contributed by atoms with E-state index in [1.54, 1.807) is 6.92 Å². The van der Waals surface area contributed by atoms with Crippen molar-refractivity contribution in [3.63, 3.8) is 0 Å². The monoisotopic (exact) mass is 526 g/mol. The molecule has 5 N–H and O–H groups in total. The molecule has 4 amide bonds. The van der Waals surface area contributed by atoms with Crippen LogP contribution in [0.3, 0.4) is 0 Å². The number of amides is 4. The Bertz CT molecular complexity index is 1660. The Labute approximate surface area is 224 Å². The van der Waals surface area contributed by atoms with E-state index in [-0.39, 0.29) is 18.4 Å². The number of benzene rings is 2. The van der Waals surface area contributed by atoms with E-state index in [1.807, 2.05) is 77.1 Å². The van der Waals surface area contributed by atoms with Crippen molar-refractivity contribution in [1.82, 2.24) is 25.1 Å². The van der Waals surface area contributed by atoms with Gasteiger partial charge in [0.15, 0.2) is 0 Å². The van der Waals surface area contributed by atoms with Crippen LogP contribution in [0.5, 0.6) is 0 Å². The molecule has 2 aromatic carbocycles. The zero-order valence-corrected chi connectivity index (χ0v) is 21.8. The van der Waals surface area contributed by atoms with E-state index in [0.29, 0.717) is 41.8 Å². The van der Waals surface area contributed by atoms with Crippen molar-refractivity contribution < 1.29 is 19.2 Å². The number of carbonyl (C=O) groups excluding carboxylic acids is 4. The lowest BCUT2D eigenvalue weighted by Gasteiger charge is -2.09. The Morgan fingerprint density at radius 1 is 0.897 bits per heavy atom. The smallest absolute Gasteiger partial charge is 0.259 e. The van der Waals surface area contributed by atoms with E-state index >= 15 is 0 Å². The highest BCUT2D eigenvalue weighted by Crippen LogP contribution is 2.38. The molecule has 5 rings (SSSR count). The van der Waals surface area contributed by atoms with Crippen LogP contribution in [0.15, 0.2) is 60.9 Å². The van der Waals surface area contributed by atoms with Gasteiger partial charge in [-0.3, -0.25) is 24.5 Å². The van der Waals surface area contributed by atoms with E-state index in [4.69, 9.17) is 5.73 Å². The van der Waals surface area contributed by atoms with Crippen molar-refractivity contribution in [2.24, 2.45) is 12.8 Å². The minimum absolute atomic E-state index is 0.134. The maximum Gasteiger partial charge on any atom is 0.259 e. The van der Waals surface area contributed by atoms with Crippen molar-refractivity contribution in [2.45, 2.75) is 25.9 Å². The number of aryl methyl sites for hydroxylation is 2. The molecular formula is C29H30N6O4. The second-order valence-electron chi connectivity index (χ2n) is 9.67. The summed E-state index contributed by atoms with van der Waals surface area (Å²) in [6.07, 6.45) is 4.40. The Morgan fingerprint density at radius 3 is 2.15 bits per heavy atom. The predicted octanol–water partition coefficient (Wildman–Crippen LogP) is 1.67. The summed E-state index contributed by atoms with van der Waals surface area (Å²) in [6, 6.07) is 14.8. The molecule has 3 heterocycles. The van der Waals surface area contributed by atoms with Crippen molar-refractivity contribution >= 4 is 56.6 Å². The van der Waals surface area contributed by atoms with Crippen LogP contribution < -0.4 is 21.7 Å². The van der Waals surface area contributed by atoms with E-state index in [1.165, 1.54) is 0 Å². The molecule has 0 aliphatic carbocycles. The molecule has 10 heteroatoms. The van der Waals surface area contributed by atoms with E-state index < -0.39 is 17.9 Å². The van der Waals surface area contributed by atoms with Crippen molar-refractivity contribution in [1.29, 1.82) is 0 Å². The third kappa shape index (κ3) is 4.94. The summed E-state index contributed by atoms with van der Waals surface area (Å²) in [7, 11) is 1.91. The number of aromatic nitrogens is 2. The molecule has 1 aliphatic rings. The number of rotatable bonds is 9. The molecular weight excluding hydrogens is 496 g/mol. The first-order chi connectivity index (χ1) is 18.8. The molecule has 1 aliphatic heterocycles. The molecule has 0 bridgehead atoms. The lowest BCUT2D eigenvalue weighted by molar-refractivity contribution is -0.126. The van der Waals surface area contributed by atoms with Gasteiger partial charge in [-0.15, -0.1) is 0 Å². The minimum Gasteiger partial charge on any atom is -0.355 e. The summed E-state index contributed by atoms with van der Waals surface area (Å²) in [5, 5.41) is 9.53. The molecule has 0 radical (unpaired) electrons. The fourth-order valence-corrected chi connectivity index (χ4v) is 5.01. The molecule has 0 spiro atoms. The SMILES string of the molecule is C[C@H](N)C(=O)NCC(=O)NCCCn1cc(C2=C(c3cn(C)c4ccccc34)C(=O)NC2=O)c2ccccc21. The van der Waals surface area contributed by atoms with Gasteiger partial charge in [0.05, 0.1) is 23.7 Å². The van der Waals surface area contributed by atoms with Gasteiger partial charge < -0.3 is 25.5 Å². The van der Waals surface area contributed by atoms with Crippen LogP contribution in [-0.2, 0) is 32.8 Å². The third-order valence-corrected chi connectivity index (χ3v) is 6.89. The Kier molecular flexibility index (Phi) is 7.03. The van der Waals surface area contributed by atoms with Gasteiger partial charge in [0.25, 0.3) is 11.8 Å². The summed E-state index contributed by atoms with van der Waals surface area (Å²) in [6.45, 7) is 2.39. The van der Waals surface area contributed by atoms with Gasteiger partial charge in [-0.1, -0.05) is 36.4 Å². The first kappa shape index (κ1) is 25.9. The quantitative estimate of drug-likeness (QED) is 0.194. The number of nitrogens with zero attached hydrogens (tertiary/aromatic N) is 2. The van der Waals surface area contributed by atoms with Gasteiger partial charge in [0.2, 0.25) is 11.8 Å². The summed E-state index contributed by atoms with van der Waals surface area (Å²) in [5.74, 6) is -1.52. The number of nitrogens with one attached hydrogen (secondary N) is 3. The van der Waals surface area contributed by atoms with Gasteiger partial charge in [-0.2, -0.15) is 0 Å². The number of hydrogen-bond donors (Lipinski definition) is 4. The Hall–Kier alpha value is -4.70. The number of imide groups is 1. The van der Waals surface area contributed by atoms with Crippen LogP contribution in [0, 0.1) is 0 Å². The number of carbonyl (C=O) groups is 4. The van der Waals surface area contributed by atoms with E-state index in [9.17, 15) is 19.2 Å². The van der Waals surface area contributed by atoms with Crippen LogP contribution in [0.1, 0.15) is 24.5 Å². The normalized spacial score (nSPS) is 14.2. The second kappa shape index (κ2) is 10.6. The van der Waals surface area contributed by atoms with Crippen LogP contribution in [0.25, 0.3) is 33.0 Å². The first-order valence-corrected chi connectivity index (χ1v) is 12.8. The maximum absolute atomic E-state index is 13.2. The maximum atomic E-state index is 13.2. The average Bonchev–Trinajstić information content (AvgIpc) is 3.55. The minimum atomic E-state index is -0.678. The number of para-hydroxylation sites is 2. The molecule has 0 saturated carbocycles. The summed E-state index contributed by atoms with van der Waals surface area (Å²) < 4.78 is 3.98. The van der Waals surface area contributed by atoms with E-state index in [0.717, 1.165) is 21.8 Å². The Balaban J connectivity index is 1.43. The highest BCUT2D eigenvalue weighted by Gasteiger charge is 2.35. The van der Waals surface area contributed by atoms with Crippen LogP contribution in [0.2, 0.25) is 0 Å². The molecule has 0 fully saturated rings. The van der Waals surface area contributed by atoms with Gasteiger partial charge in [-0.05, 0) is 25.5 Å². The molecule has 0 saturated heterocycles. The predicted molar refractivity (Wildman–Crippen MR) is 149 cm³/mol. The van der Waals surface area contributed by atoms with Crippen molar-refractivity contribution in [2.75, 3.05) is 13.1 Å². The molecule has 39 heavy (non-hydrogen) atoms. The van der Waals surface area contributed by atoms with Crippen LogP contribution in [-0.4, -0.2) is 51.9 Å². The molecule has 1 atom stereocenters. The molecule has 10 nitrogen and oxygen atoms in total. The number of fused-ring (bicyclic) bond motifs is 2. The topological polar surface area (TPSA) is 140 Å². The Morgan fingerprint density at radius 2 is 1.49 bits per heavy atom. The largest absolute Gasteiger partial charge is 0.355 e. The fourth-order valence-electron chi connectivity index (χ4n) is 5.01. The molecule has 200 valence electrons. The average molecular weight is 527 g/mol. The van der Waals surface area contributed by atoms with Crippen molar-refractivity contribution in [3.05, 3.63) is 72.1 Å². The highest BCUT2D eigenvalue weighted by molar-refractivity contribution is 6.50. The lowest BCUT2D eigenvalue weighted by Crippen LogP contribution is -2.43. The van der Waals surface area contributed by atoms with Gasteiger partial charge >= 0.3 is 0 Å². The standard InChI is InChI=1S/C29H30N6O4/c1-17(30)27(37)32-14-24(36)31-12-7-13-35-16-21(19-9-4-6-11-23(19)35)26-25(28(38)33-29(26)39)20-15-34(2)22-10-5-3-8-18(20)22/h3-6,8-11,15-17H,7,12-14,30H2,1-2H3,(H,31,36)(H,32,37)(H,33,38,39)/t17-/m0/s1. The highest BCUT2D eigenvalue weighted by atomic mass is 16.2. The molecule has 0 unspecified atom stereocenters. The van der Waals surface area contributed by atoms with Crippen molar-refractivity contribution in [3.8, 4) is 0 Å². The zero-order chi connectivity index (χ0) is 27.7. The molecule has 2 aromatic heterocycles. The first-order valence-electron chi connectivity index (χ1n) is 12.8. The van der Waals surface area contributed by atoms with Gasteiger partial charge in [0.1, 0.15) is 0 Å². The third-order valence-electron chi connectivity index (χ3n) is 6.89. The summed E-state index contributed by atoms with van der Waals surface area (Å²) >= 11 is 0. The van der Waals surface area contributed by atoms with Gasteiger partial charge in [0, 0.05) is 65.5 Å². The number of hydrogen-bond acceptors (Lipinski definition) is 5. The lowest BCUT2D eigenvalue weighted by atomic mass is 9.95. The second-order valence-corrected chi connectivity index (χ2v) is 9.67. The summed E-state index contributed by atoms with van der Waals surface area (Å²) in [4.78, 5) is 49.8. The van der Waals surface area contributed by atoms with Gasteiger partial charge in [-0.25, -0.2) is 0 Å². The van der Waals surface area contributed by atoms with Crippen LogP contribution in [0.4, 0.5) is 0 Å². The van der Waals surface area contributed by atoms with E-state index in [2.05, 4.69) is 16.0 Å².